The van der Waals surface area contributed by atoms with Gasteiger partial charge in [-0.1, -0.05) is 61.5 Å². The summed E-state index contributed by atoms with van der Waals surface area (Å²) in [7, 11) is 0. The summed E-state index contributed by atoms with van der Waals surface area (Å²) in [6.07, 6.45) is -0.237. The predicted molar refractivity (Wildman–Crippen MR) is 112 cm³/mol. The van der Waals surface area contributed by atoms with Gasteiger partial charge in [-0.3, -0.25) is 4.79 Å². The van der Waals surface area contributed by atoms with E-state index in [0.29, 0.717) is 0 Å². The minimum Gasteiger partial charge on any atom is -0.480 e. The summed E-state index contributed by atoms with van der Waals surface area (Å²) in [5, 5.41) is 3.46. The van der Waals surface area contributed by atoms with Gasteiger partial charge < -0.3 is 10.1 Å². The van der Waals surface area contributed by atoms with Gasteiger partial charge in [0.2, 0.25) is 0 Å². The highest BCUT2D eigenvalue weighted by molar-refractivity contribution is 6.01. The van der Waals surface area contributed by atoms with Gasteiger partial charge in [-0.2, -0.15) is 0 Å². The summed E-state index contributed by atoms with van der Waals surface area (Å²) in [6, 6.07) is 22.7. The van der Waals surface area contributed by atoms with Gasteiger partial charge >= 0.3 is 0 Å². The molecule has 0 amide bonds. The van der Waals surface area contributed by atoms with Crippen LogP contribution >= 0.6 is 0 Å². The summed E-state index contributed by atoms with van der Waals surface area (Å²) in [6.45, 7) is 5.93. The van der Waals surface area contributed by atoms with Crippen molar-refractivity contribution in [2.24, 2.45) is 0 Å². The Labute approximate surface area is 165 Å². The first-order valence-electron chi connectivity index (χ1n) is 9.77. The SMILES string of the molecule is C[C@@H]1C(=O)C(C)(C)Nc2ccc3c(c21)[C@H](c1ccccc1)Oc1ccccc1-3. The highest BCUT2D eigenvalue weighted by Crippen LogP contribution is 2.51. The Balaban J connectivity index is 1.81. The van der Waals surface area contributed by atoms with Crippen LogP contribution in [0.1, 0.15) is 49.5 Å². The Morgan fingerprint density at radius 2 is 1.57 bits per heavy atom. The molecule has 140 valence electrons. The van der Waals surface area contributed by atoms with Crippen LogP contribution in [0.5, 0.6) is 5.75 Å². The van der Waals surface area contributed by atoms with Gasteiger partial charge in [-0.25, -0.2) is 0 Å². The van der Waals surface area contributed by atoms with E-state index in [9.17, 15) is 4.79 Å². The molecule has 0 spiro atoms. The van der Waals surface area contributed by atoms with Gasteiger partial charge in [-0.05, 0) is 42.7 Å². The number of ether oxygens (including phenoxy) is 1. The van der Waals surface area contributed by atoms with Gasteiger partial charge in [-0.15, -0.1) is 0 Å². The lowest BCUT2D eigenvalue weighted by Crippen LogP contribution is -2.47. The summed E-state index contributed by atoms with van der Waals surface area (Å²) < 4.78 is 6.51. The van der Waals surface area contributed by atoms with Crippen LogP contribution in [0, 0.1) is 0 Å². The number of benzene rings is 3. The standard InChI is InChI=1S/C25H23NO2/c1-15-21-19(26-25(2,3)24(15)27)14-13-18-17-11-7-8-12-20(17)28-23(22(18)21)16-9-5-4-6-10-16/h4-15,23,26H,1-3H3/t15-,23-/m0/s1. The van der Waals surface area contributed by atoms with Crippen LogP contribution in [-0.2, 0) is 4.79 Å². The van der Waals surface area contributed by atoms with Crippen molar-refractivity contribution in [3.8, 4) is 16.9 Å². The molecular formula is C25H23NO2. The molecule has 2 aliphatic rings. The molecule has 0 bridgehead atoms. The van der Waals surface area contributed by atoms with Crippen LogP contribution in [0.15, 0.2) is 66.7 Å². The van der Waals surface area contributed by atoms with Crippen LogP contribution in [-0.4, -0.2) is 11.3 Å². The molecule has 1 N–H and O–H groups in total. The molecular weight excluding hydrogens is 346 g/mol. The maximum Gasteiger partial charge on any atom is 0.164 e. The second kappa shape index (κ2) is 5.96. The third kappa shape index (κ3) is 2.39. The third-order valence-corrected chi connectivity index (χ3v) is 5.96. The van der Waals surface area contributed by atoms with Crippen LogP contribution in [0.25, 0.3) is 11.1 Å². The van der Waals surface area contributed by atoms with Crippen molar-refractivity contribution in [2.45, 2.75) is 38.3 Å². The number of fused-ring (bicyclic) bond motifs is 5. The van der Waals surface area contributed by atoms with Crippen molar-refractivity contribution >= 4 is 11.5 Å². The zero-order chi connectivity index (χ0) is 19.5. The molecule has 3 heteroatoms. The minimum absolute atomic E-state index is 0.193. The molecule has 5 rings (SSSR count). The van der Waals surface area contributed by atoms with E-state index >= 15 is 0 Å². The first-order chi connectivity index (χ1) is 13.5. The topological polar surface area (TPSA) is 38.3 Å². The van der Waals surface area contributed by atoms with Crippen molar-refractivity contribution in [3.63, 3.8) is 0 Å². The molecule has 0 saturated carbocycles. The molecule has 2 aliphatic heterocycles. The molecule has 28 heavy (non-hydrogen) atoms. The largest absolute Gasteiger partial charge is 0.480 e. The lowest BCUT2D eigenvalue weighted by molar-refractivity contribution is -0.123. The van der Waals surface area contributed by atoms with Gasteiger partial charge in [0.25, 0.3) is 0 Å². The Morgan fingerprint density at radius 1 is 0.857 bits per heavy atom. The molecule has 3 aromatic carbocycles. The van der Waals surface area contributed by atoms with Gasteiger partial charge in [0.1, 0.15) is 11.9 Å². The van der Waals surface area contributed by atoms with Crippen LogP contribution in [0.4, 0.5) is 5.69 Å². The second-order valence-electron chi connectivity index (χ2n) is 8.23. The smallest absolute Gasteiger partial charge is 0.164 e. The normalized spacial score (nSPS) is 21.6. The van der Waals surface area contributed by atoms with Crippen molar-refractivity contribution in [1.82, 2.24) is 0 Å². The second-order valence-corrected chi connectivity index (χ2v) is 8.23. The van der Waals surface area contributed by atoms with E-state index in [-0.39, 0.29) is 17.8 Å². The molecule has 2 heterocycles. The number of ketones is 1. The van der Waals surface area contributed by atoms with Crippen molar-refractivity contribution in [1.29, 1.82) is 0 Å². The number of anilines is 1. The molecule has 0 radical (unpaired) electrons. The number of para-hydroxylation sites is 1. The third-order valence-electron chi connectivity index (χ3n) is 5.96. The predicted octanol–water partition coefficient (Wildman–Crippen LogP) is 5.71. The first kappa shape index (κ1) is 17.1. The number of hydrogen-bond acceptors (Lipinski definition) is 3. The van der Waals surface area contributed by atoms with Gasteiger partial charge in [0.15, 0.2) is 5.78 Å². The van der Waals surface area contributed by atoms with Crippen molar-refractivity contribution in [3.05, 3.63) is 83.4 Å². The molecule has 0 aliphatic carbocycles. The Kier molecular flexibility index (Phi) is 3.63. The van der Waals surface area contributed by atoms with E-state index in [0.717, 1.165) is 39.3 Å². The zero-order valence-electron chi connectivity index (χ0n) is 16.3. The Bertz CT molecular complexity index is 1080. The quantitative estimate of drug-likeness (QED) is 0.597. The Hall–Kier alpha value is -3.07. The number of rotatable bonds is 1. The fourth-order valence-corrected chi connectivity index (χ4v) is 4.64. The summed E-state index contributed by atoms with van der Waals surface area (Å²) in [4.78, 5) is 13.1. The van der Waals surface area contributed by atoms with E-state index in [1.165, 1.54) is 0 Å². The summed E-state index contributed by atoms with van der Waals surface area (Å²) in [5.41, 5.74) is 5.94. The maximum atomic E-state index is 13.1. The molecule has 2 atom stereocenters. The summed E-state index contributed by atoms with van der Waals surface area (Å²) in [5.74, 6) is 0.896. The Morgan fingerprint density at radius 3 is 2.36 bits per heavy atom. The van der Waals surface area contributed by atoms with Crippen LogP contribution in [0.2, 0.25) is 0 Å². The van der Waals surface area contributed by atoms with E-state index in [1.807, 2.05) is 57.2 Å². The fraction of sp³-hybridized carbons (Fsp3) is 0.240. The number of nitrogens with one attached hydrogen (secondary N) is 1. The zero-order valence-corrected chi connectivity index (χ0v) is 16.3. The molecule has 0 unspecified atom stereocenters. The summed E-state index contributed by atoms with van der Waals surface area (Å²) >= 11 is 0. The minimum atomic E-state index is -0.573. The number of carbonyl (C=O) groups excluding carboxylic acids is 1. The highest BCUT2D eigenvalue weighted by Gasteiger charge is 2.42. The van der Waals surface area contributed by atoms with E-state index < -0.39 is 5.54 Å². The van der Waals surface area contributed by atoms with Gasteiger partial charge in [0.05, 0.1) is 5.54 Å². The number of Topliss-reactive ketones (excluding diaryl/α,β-unsaturated/α-hetero) is 1. The van der Waals surface area contributed by atoms with E-state index in [4.69, 9.17) is 4.74 Å². The first-order valence-corrected chi connectivity index (χ1v) is 9.77. The van der Waals surface area contributed by atoms with Gasteiger partial charge in [0, 0.05) is 22.7 Å². The van der Waals surface area contributed by atoms with Crippen molar-refractivity contribution < 1.29 is 9.53 Å². The molecule has 3 nitrogen and oxygen atoms in total. The molecule has 0 saturated heterocycles. The average molecular weight is 369 g/mol. The highest BCUT2D eigenvalue weighted by atomic mass is 16.5. The van der Waals surface area contributed by atoms with Crippen LogP contribution < -0.4 is 10.1 Å². The number of carbonyl (C=O) groups is 1. The van der Waals surface area contributed by atoms with Crippen molar-refractivity contribution in [2.75, 3.05) is 5.32 Å². The average Bonchev–Trinajstić information content (AvgIpc) is 2.71. The number of hydrogen-bond donors (Lipinski definition) is 1. The maximum absolute atomic E-state index is 13.1. The van der Waals surface area contributed by atoms with E-state index in [1.54, 1.807) is 0 Å². The molecule has 3 aromatic rings. The molecule has 0 aromatic heterocycles. The molecule has 0 fully saturated rings. The van der Waals surface area contributed by atoms with Crippen LogP contribution in [0.3, 0.4) is 0 Å². The van der Waals surface area contributed by atoms with E-state index in [2.05, 4.69) is 35.6 Å². The lowest BCUT2D eigenvalue weighted by atomic mass is 9.74. The fourth-order valence-electron chi connectivity index (χ4n) is 4.64. The lowest BCUT2D eigenvalue weighted by Gasteiger charge is -2.40. The monoisotopic (exact) mass is 369 g/mol.